The van der Waals surface area contributed by atoms with E-state index in [1.807, 2.05) is 7.05 Å². The number of rotatable bonds is 2. The van der Waals surface area contributed by atoms with Gasteiger partial charge in [-0.1, -0.05) is 12.1 Å². The van der Waals surface area contributed by atoms with Crippen molar-refractivity contribution in [2.45, 2.75) is 18.4 Å². The molecule has 0 N–H and O–H groups in total. The van der Waals surface area contributed by atoms with Crippen LogP contribution < -0.4 is 0 Å². The van der Waals surface area contributed by atoms with E-state index >= 15 is 0 Å². The molecule has 7 nitrogen and oxygen atoms in total. The second-order valence-corrected chi connectivity index (χ2v) is 6.37. The molecule has 23 heavy (non-hydrogen) atoms. The average molecular weight is 319 g/mol. The highest BCUT2D eigenvalue weighted by Gasteiger charge is 2.41. The lowest BCUT2D eigenvalue weighted by Gasteiger charge is -2.47. The van der Waals surface area contributed by atoms with Crippen molar-refractivity contribution in [2.75, 3.05) is 39.8 Å². The number of nitro benzene ring substituents is 1. The molecule has 0 radical (unpaired) electrons. The van der Waals surface area contributed by atoms with Gasteiger partial charge in [0.2, 0.25) is 0 Å². The van der Waals surface area contributed by atoms with Crippen molar-refractivity contribution in [1.82, 2.24) is 9.80 Å². The monoisotopic (exact) mass is 319 g/mol. The topological polar surface area (TPSA) is 75.9 Å². The van der Waals surface area contributed by atoms with Gasteiger partial charge in [0.25, 0.3) is 11.6 Å². The summed E-state index contributed by atoms with van der Waals surface area (Å²) < 4.78 is 6.00. The molecule has 0 aromatic heterocycles. The molecule has 1 unspecified atom stereocenters. The summed E-state index contributed by atoms with van der Waals surface area (Å²) in [5, 5.41) is 11.2. The van der Waals surface area contributed by atoms with Crippen molar-refractivity contribution in [2.24, 2.45) is 0 Å². The van der Waals surface area contributed by atoms with Gasteiger partial charge < -0.3 is 14.5 Å². The van der Waals surface area contributed by atoms with Gasteiger partial charge >= 0.3 is 0 Å². The number of carbonyl (C=O) groups excluding carboxylic acids is 1. The summed E-state index contributed by atoms with van der Waals surface area (Å²) in [6.45, 7) is 3.25. The highest BCUT2D eigenvalue weighted by molar-refractivity contribution is 5.98. The molecule has 1 aromatic carbocycles. The minimum atomic E-state index is -0.502. The third-order valence-electron chi connectivity index (χ3n) is 4.60. The van der Waals surface area contributed by atoms with E-state index < -0.39 is 4.92 Å². The van der Waals surface area contributed by atoms with E-state index in [1.54, 1.807) is 17.0 Å². The third kappa shape index (κ3) is 3.20. The molecule has 2 saturated heterocycles. The maximum absolute atomic E-state index is 12.8. The van der Waals surface area contributed by atoms with Crippen LogP contribution in [-0.2, 0) is 4.74 Å². The molecule has 2 aliphatic heterocycles. The van der Waals surface area contributed by atoms with Crippen molar-refractivity contribution in [1.29, 1.82) is 0 Å². The predicted molar refractivity (Wildman–Crippen MR) is 84.4 cm³/mol. The molecular weight excluding hydrogens is 298 g/mol. The van der Waals surface area contributed by atoms with Crippen LogP contribution >= 0.6 is 0 Å². The first-order chi connectivity index (χ1) is 11.0. The number of amides is 1. The lowest BCUT2D eigenvalue weighted by atomic mass is 9.90. The van der Waals surface area contributed by atoms with Gasteiger partial charge in [0, 0.05) is 19.2 Å². The molecule has 0 aliphatic carbocycles. The summed E-state index contributed by atoms with van der Waals surface area (Å²) in [5.74, 6) is -0.284. The van der Waals surface area contributed by atoms with Crippen LogP contribution in [0.15, 0.2) is 24.3 Å². The van der Waals surface area contributed by atoms with Gasteiger partial charge in [-0.25, -0.2) is 0 Å². The minimum Gasteiger partial charge on any atom is -0.370 e. The second kappa shape index (κ2) is 6.25. The number of hydrogen-bond acceptors (Lipinski definition) is 5. The Hall–Kier alpha value is -1.99. The van der Waals surface area contributed by atoms with Gasteiger partial charge in [0.05, 0.1) is 23.7 Å². The zero-order valence-electron chi connectivity index (χ0n) is 13.2. The normalized spacial score (nSPS) is 25.5. The smallest absolute Gasteiger partial charge is 0.282 e. The summed E-state index contributed by atoms with van der Waals surface area (Å²) >= 11 is 0. The zero-order valence-corrected chi connectivity index (χ0v) is 13.2. The molecular formula is C16H21N3O4. The Morgan fingerprint density at radius 3 is 2.83 bits per heavy atom. The Morgan fingerprint density at radius 1 is 1.30 bits per heavy atom. The number of carbonyl (C=O) groups is 1. The standard InChI is InChI=1S/C16H21N3O4/c1-17-8-4-7-16(11-17)12-18(9-10-23-16)15(20)13-5-2-3-6-14(13)19(21)22/h2-3,5-6H,4,7-12H2,1H3. The fourth-order valence-electron chi connectivity index (χ4n) is 3.57. The fourth-order valence-corrected chi connectivity index (χ4v) is 3.57. The Balaban J connectivity index is 1.81. The van der Waals surface area contributed by atoms with Crippen LogP contribution in [0.5, 0.6) is 0 Å². The second-order valence-electron chi connectivity index (χ2n) is 6.37. The first-order valence-electron chi connectivity index (χ1n) is 7.86. The van der Waals surface area contributed by atoms with E-state index in [-0.39, 0.29) is 22.8 Å². The third-order valence-corrected chi connectivity index (χ3v) is 4.60. The van der Waals surface area contributed by atoms with Gasteiger partial charge in [0.1, 0.15) is 5.56 Å². The molecule has 1 spiro atoms. The number of nitro groups is 1. The van der Waals surface area contributed by atoms with Gasteiger partial charge in [-0.15, -0.1) is 0 Å². The molecule has 3 rings (SSSR count). The van der Waals surface area contributed by atoms with E-state index in [2.05, 4.69) is 4.90 Å². The molecule has 124 valence electrons. The first-order valence-corrected chi connectivity index (χ1v) is 7.86. The molecule has 0 saturated carbocycles. The quantitative estimate of drug-likeness (QED) is 0.610. The van der Waals surface area contributed by atoms with E-state index in [0.717, 1.165) is 25.9 Å². The van der Waals surface area contributed by atoms with E-state index in [9.17, 15) is 14.9 Å². The molecule has 1 aromatic rings. The predicted octanol–water partition coefficient (Wildman–Crippen LogP) is 1.53. The summed E-state index contributed by atoms with van der Waals surface area (Å²) in [6, 6.07) is 6.13. The lowest BCUT2D eigenvalue weighted by molar-refractivity contribution is -0.385. The average Bonchev–Trinajstić information content (AvgIpc) is 2.54. The lowest BCUT2D eigenvalue weighted by Crippen LogP contribution is -2.60. The van der Waals surface area contributed by atoms with Crippen molar-refractivity contribution in [3.63, 3.8) is 0 Å². The number of piperidine rings is 1. The van der Waals surface area contributed by atoms with Crippen molar-refractivity contribution in [3.05, 3.63) is 39.9 Å². The Kier molecular flexibility index (Phi) is 4.32. The number of likely N-dealkylation sites (tertiary alicyclic amines) is 1. The molecule has 2 aliphatic rings. The maximum Gasteiger partial charge on any atom is 0.282 e. The molecule has 2 fully saturated rings. The number of ether oxygens (including phenoxy) is 1. The maximum atomic E-state index is 12.8. The number of para-hydroxylation sites is 1. The van der Waals surface area contributed by atoms with E-state index in [4.69, 9.17) is 4.74 Å². The molecule has 1 amide bonds. The Morgan fingerprint density at radius 2 is 2.09 bits per heavy atom. The van der Waals surface area contributed by atoms with Crippen molar-refractivity contribution in [3.8, 4) is 0 Å². The Labute approximate surface area is 135 Å². The van der Waals surface area contributed by atoms with Crippen LogP contribution in [0.4, 0.5) is 5.69 Å². The van der Waals surface area contributed by atoms with Gasteiger partial charge in [0.15, 0.2) is 0 Å². The number of hydrogen-bond donors (Lipinski definition) is 0. The van der Waals surface area contributed by atoms with E-state index in [1.165, 1.54) is 12.1 Å². The number of benzene rings is 1. The summed E-state index contributed by atoms with van der Waals surface area (Å²) in [6.07, 6.45) is 1.95. The van der Waals surface area contributed by atoms with Gasteiger partial charge in [-0.3, -0.25) is 14.9 Å². The number of nitrogens with zero attached hydrogens (tertiary/aromatic N) is 3. The first kappa shape index (κ1) is 15.9. The van der Waals surface area contributed by atoms with Gasteiger partial charge in [-0.05, 0) is 32.5 Å². The molecule has 7 heteroatoms. The molecule has 2 heterocycles. The minimum absolute atomic E-state index is 0.140. The highest BCUT2D eigenvalue weighted by Crippen LogP contribution is 2.30. The largest absolute Gasteiger partial charge is 0.370 e. The van der Waals surface area contributed by atoms with Gasteiger partial charge in [-0.2, -0.15) is 0 Å². The summed E-state index contributed by atoms with van der Waals surface area (Å²) in [7, 11) is 2.05. The summed E-state index contributed by atoms with van der Waals surface area (Å²) in [5.41, 5.74) is -0.331. The van der Waals surface area contributed by atoms with Crippen LogP contribution in [0.3, 0.4) is 0 Å². The highest BCUT2D eigenvalue weighted by atomic mass is 16.6. The Bertz CT molecular complexity index is 617. The molecule has 0 bridgehead atoms. The van der Waals surface area contributed by atoms with Crippen LogP contribution in [0.1, 0.15) is 23.2 Å². The van der Waals surface area contributed by atoms with Crippen molar-refractivity contribution >= 4 is 11.6 Å². The van der Waals surface area contributed by atoms with E-state index in [0.29, 0.717) is 19.7 Å². The van der Waals surface area contributed by atoms with Crippen LogP contribution in [0, 0.1) is 10.1 Å². The van der Waals surface area contributed by atoms with Crippen LogP contribution in [0.2, 0.25) is 0 Å². The zero-order chi connectivity index (χ0) is 16.4. The molecule has 1 atom stereocenters. The number of morpholine rings is 1. The van der Waals surface area contributed by atoms with Crippen LogP contribution in [-0.4, -0.2) is 66.1 Å². The van der Waals surface area contributed by atoms with Crippen molar-refractivity contribution < 1.29 is 14.5 Å². The number of likely N-dealkylation sites (N-methyl/N-ethyl adjacent to an activating group) is 1. The SMILES string of the molecule is CN1CCCC2(C1)CN(C(=O)c1ccccc1[N+](=O)[O-])CCO2. The fraction of sp³-hybridized carbons (Fsp3) is 0.562. The van der Waals surface area contributed by atoms with Crippen LogP contribution in [0.25, 0.3) is 0 Å². The summed E-state index contributed by atoms with van der Waals surface area (Å²) in [4.78, 5) is 27.3.